The van der Waals surface area contributed by atoms with Crippen LogP contribution >= 0.6 is 45.3 Å². The van der Waals surface area contributed by atoms with Gasteiger partial charge in [0.15, 0.2) is 0 Å². The number of rotatable bonds is 12. The topological polar surface area (TPSA) is 67.6 Å². The zero-order valence-electron chi connectivity index (χ0n) is 19.4. The van der Waals surface area contributed by atoms with Crippen molar-refractivity contribution >= 4 is 56.2 Å². The van der Waals surface area contributed by atoms with E-state index < -0.39 is 0 Å². The molecule has 1 aliphatic rings. The third-order valence-corrected chi connectivity index (χ3v) is 8.96. The molecule has 5 rings (SSSR count). The van der Waals surface area contributed by atoms with E-state index in [1.165, 1.54) is 51.5 Å². The van der Waals surface area contributed by atoms with E-state index in [2.05, 4.69) is 99.1 Å². The number of alkyl halides is 1. The van der Waals surface area contributed by atoms with E-state index >= 15 is 0 Å². The average Bonchev–Trinajstić information content (AvgIpc) is 3.19. The van der Waals surface area contributed by atoms with Gasteiger partial charge in [-0.3, -0.25) is 4.90 Å². The molecule has 34 heavy (non-hydrogen) atoms. The third kappa shape index (κ3) is 6.03. The van der Waals surface area contributed by atoms with Crippen LogP contribution in [-0.2, 0) is 13.1 Å². The van der Waals surface area contributed by atoms with Crippen LogP contribution in [-0.4, -0.2) is 39.1 Å². The van der Waals surface area contributed by atoms with Crippen LogP contribution in [0.3, 0.4) is 0 Å². The Morgan fingerprint density at radius 1 is 1.03 bits per heavy atom. The Balaban J connectivity index is 1.25. The van der Waals surface area contributed by atoms with Crippen LogP contribution in [0.15, 0.2) is 53.9 Å². The Kier molecular flexibility index (Phi) is 8.24. The molecule has 1 fully saturated rings. The van der Waals surface area contributed by atoms with E-state index in [9.17, 15) is 0 Å². The predicted molar refractivity (Wildman–Crippen MR) is 152 cm³/mol. The lowest BCUT2D eigenvalue weighted by molar-refractivity contribution is -0.632. The molecule has 8 heteroatoms. The molecule has 1 aliphatic heterocycles. The molecule has 0 radical (unpaired) electrons. The number of nitrogens with one attached hydrogen (secondary N) is 1. The highest BCUT2D eigenvalue weighted by Crippen LogP contribution is 2.36. The van der Waals surface area contributed by atoms with E-state index in [1.54, 1.807) is 11.3 Å². The molecule has 4 aromatic rings. The van der Waals surface area contributed by atoms with Crippen molar-refractivity contribution in [3.05, 3.63) is 70.3 Å². The number of unbranched alkanes of at least 4 members (excludes halogenated alkanes) is 1. The lowest BCUT2D eigenvalue weighted by atomic mass is 10.1. The molecule has 0 spiro atoms. The summed E-state index contributed by atoms with van der Waals surface area (Å²) in [5, 5.41) is 9.39. The van der Waals surface area contributed by atoms with Crippen molar-refractivity contribution in [2.24, 2.45) is 0 Å². The van der Waals surface area contributed by atoms with Crippen LogP contribution in [0.25, 0.3) is 20.7 Å². The molecule has 0 amide bonds. The summed E-state index contributed by atoms with van der Waals surface area (Å²) in [5.41, 5.74) is 2.23. The fraction of sp³-hybridized carbons (Fsp3) is 0.385. The Morgan fingerprint density at radius 3 is 2.79 bits per heavy atom. The molecule has 1 saturated heterocycles. The maximum absolute atomic E-state index is 5.08. The number of thiophene rings is 2. The summed E-state index contributed by atoms with van der Waals surface area (Å²) >= 11 is 6.10. The Hall–Kier alpha value is -1.43. The van der Waals surface area contributed by atoms with Gasteiger partial charge in [0.25, 0.3) is 0 Å². The van der Waals surface area contributed by atoms with Gasteiger partial charge in [-0.1, -0.05) is 24.3 Å². The van der Waals surface area contributed by atoms with Crippen LogP contribution < -0.4 is 10.6 Å². The van der Waals surface area contributed by atoms with E-state index in [0.29, 0.717) is 12.1 Å². The smallest absolute Gasteiger partial charge is 0.143 e. The Morgan fingerprint density at radius 2 is 1.94 bits per heavy atom. The number of quaternary nitrogens is 1. The van der Waals surface area contributed by atoms with Crippen LogP contribution in [0, 0.1) is 0 Å². The molecule has 4 heterocycles. The van der Waals surface area contributed by atoms with Crippen LogP contribution in [0.4, 0.5) is 0 Å². The maximum Gasteiger partial charge on any atom is 0.143 e. The summed E-state index contributed by atoms with van der Waals surface area (Å²) < 4.78 is 1.15. The number of hydrogen-bond donors (Lipinski definition) is 2. The number of fused-ring (bicyclic) bond motifs is 1. The normalized spacial score (nSPS) is 17.6. The number of hydrogen-bond acceptors (Lipinski definition) is 6. The number of aromatic nitrogens is 2. The first-order valence-corrected chi connectivity index (χ1v) is 15.1. The van der Waals surface area contributed by atoms with E-state index in [4.69, 9.17) is 9.97 Å². The van der Waals surface area contributed by atoms with Crippen molar-refractivity contribution in [3.63, 3.8) is 0 Å². The molecule has 3 N–H and O–H groups in total. The molecule has 0 saturated carbocycles. The van der Waals surface area contributed by atoms with Gasteiger partial charge in [-0.2, -0.15) is 0 Å². The van der Waals surface area contributed by atoms with Gasteiger partial charge in [0.05, 0.1) is 30.3 Å². The molecule has 3 aromatic heterocycles. The van der Waals surface area contributed by atoms with Crippen LogP contribution in [0.5, 0.6) is 0 Å². The standard InChI is InChI=1S/C26H30IN5S2/c1-32(15-18-11-12-23(34-18)22-10-6-14-33-22)16-24-29-20-8-3-2-7-19(20)25(31-24)26-21(30-26)9-4-5-13-28-17-27/h2-3,6-8,10-12,14,21,26,28,30H,4-5,9,13,15-17H2,1H3/p+1. The second-order valence-electron chi connectivity index (χ2n) is 8.94. The Bertz CT molecular complexity index is 1210. The number of nitrogens with zero attached hydrogens (tertiary/aromatic N) is 3. The molecule has 1 aromatic carbocycles. The highest BCUT2D eigenvalue weighted by atomic mass is 127. The summed E-state index contributed by atoms with van der Waals surface area (Å²) in [5.74, 6) is 0.912. The molecule has 178 valence electrons. The minimum atomic E-state index is 0.358. The molecule has 2 atom stereocenters. The number of halogens is 1. The molecule has 2 unspecified atom stereocenters. The van der Waals surface area contributed by atoms with Crippen molar-refractivity contribution in [1.82, 2.24) is 20.2 Å². The number of nitrogens with two attached hydrogens (primary N) is 1. The van der Waals surface area contributed by atoms with E-state index in [0.717, 1.165) is 29.0 Å². The molecular weight excluding hydrogens is 573 g/mol. The quantitative estimate of drug-likeness (QED) is 0.0769. The number of benzene rings is 1. The SMILES string of the molecule is CN(Cc1nc(C2NC2CCCC[NH2+]CI)c2ccccc2n1)Cc1ccc(-c2cccs2)s1. The lowest BCUT2D eigenvalue weighted by Crippen LogP contribution is -2.82. The zero-order valence-corrected chi connectivity index (χ0v) is 23.2. The number of para-hydroxylation sites is 1. The average molecular weight is 605 g/mol. The van der Waals surface area contributed by atoms with Crippen LogP contribution in [0.2, 0.25) is 0 Å². The van der Waals surface area contributed by atoms with Gasteiger partial charge in [0.2, 0.25) is 0 Å². The zero-order chi connectivity index (χ0) is 23.3. The van der Waals surface area contributed by atoms with Gasteiger partial charge >= 0.3 is 0 Å². The van der Waals surface area contributed by atoms with Gasteiger partial charge < -0.3 is 10.6 Å². The van der Waals surface area contributed by atoms with Gasteiger partial charge in [-0.25, -0.2) is 9.97 Å². The fourth-order valence-corrected chi connectivity index (χ4v) is 6.82. The van der Waals surface area contributed by atoms with Crippen molar-refractivity contribution in [2.45, 2.75) is 44.4 Å². The highest BCUT2D eigenvalue weighted by Gasteiger charge is 2.39. The van der Waals surface area contributed by atoms with Crippen molar-refractivity contribution < 1.29 is 5.32 Å². The minimum absolute atomic E-state index is 0.358. The Labute approximate surface area is 223 Å². The summed E-state index contributed by atoms with van der Waals surface area (Å²) in [6.07, 6.45) is 3.78. The first-order valence-electron chi connectivity index (χ1n) is 11.9. The minimum Gasteiger partial charge on any atom is -0.338 e. The van der Waals surface area contributed by atoms with Gasteiger partial charge in [0.1, 0.15) is 10.4 Å². The lowest BCUT2D eigenvalue weighted by Gasteiger charge is -2.16. The fourth-order valence-electron chi connectivity index (χ4n) is 4.46. The highest BCUT2D eigenvalue weighted by molar-refractivity contribution is 14.1. The second kappa shape index (κ2) is 11.5. The molecular formula is C26H31IN5S2+. The first kappa shape index (κ1) is 24.3. The molecule has 0 aliphatic carbocycles. The van der Waals surface area contributed by atoms with Gasteiger partial charge in [-0.15, -0.1) is 22.7 Å². The van der Waals surface area contributed by atoms with Crippen molar-refractivity contribution in [1.29, 1.82) is 0 Å². The summed E-state index contributed by atoms with van der Waals surface area (Å²) in [6, 6.07) is 18.2. The summed E-state index contributed by atoms with van der Waals surface area (Å²) in [6.45, 7) is 2.88. The van der Waals surface area contributed by atoms with Crippen molar-refractivity contribution in [2.75, 3.05) is 18.1 Å². The van der Waals surface area contributed by atoms with Crippen molar-refractivity contribution in [3.8, 4) is 9.75 Å². The second-order valence-corrected chi connectivity index (χ2v) is 11.9. The summed E-state index contributed by atoms with van der Waals surface area (Å²) in [4.78, 5) is 16.4. The first-order chi connectivity index (χ1) is 16.7. The van der Waals surface area contributed by atoms with Gasteiger partial charge in [0, 0.05) is 32.6 Å². The maximum atomic E-state index is 5.08. The van der Waals surface area contributed by atoms with Gasteiger partial charge in [-0.05, 0) is 78.5 Å². The summed E-state index contributed by atoms with van der Waals surface area (Å²) in [7, 11) is 2.16. The van der Waals surface area contributed by atoms with Crippen LogP contribution in [0.1, 0.15) is 41.7 Å². The van der Waals surface area contributed by atoms with E-state index in [-0.39, 0.29) is 0 Å². The largest absolute Gasteiger partial charge is 0.338 e. The van der Waals surface area contributed by atoms with E-state index in [1.807, 2.05) is 11.3 Å². The molecule has 5 nitrogen and oxygen atoms in total. The predicted octanol–water partition coefficient (Wildman–Crippen LogP) is 5.19. The monoisotopic (exact) mass is 604 g/mol. The molecule has 0 bridgehead atoms. The third-order valence-electron chi connectivity index (χ3n) is 6.21.